The first-order valence-electron chi connectivity index (χ1n) is 4.69. The van der Waals surface area contributed by atoms with Crippen LogP contribution in [0.15, 0.2) is 12.2 Å². The molecule has 0 radical (unpaired) electrons. The molecule has 5 heteroatoms. The van der Waals surface area contributed by atoms with Crippen molar-refractivity contribution in [3.63, 3.8) is 0 Å². The van der Waals surface area contributed by atoms with Crippen LogP contribution in [-0.2, 0) is 0 Å². The normalized spacial score (nSPS) is 35.8. The largest absolute Gasteiger partial charge is 0.465 e. The smallest absolute Gasteiger partial charge is 0.409 e. The Morgan fingerprint density at radius 1 is 1.57 bits per heavy atom. The third kappa shape index (κ3) is 1.50. The lowest BCUT2D eigenvalue weighted by molar-refractivity contribution is 0.133. The van der Waals surface area contributed by atoms with Crippen LogP contribution in [0.5, 0.6) is 0 Å². The minimum absolute atomic E-state index is 0.0811. The molecule has 1 amide bonds. The second-order valence-corrected chi connectivity index (χ2v) is 4.48. The van der Waals surface area contributed by atoms with Crippen LogP contribution < -0.4 is 5.32 Å². The summed E-state index contributed by atoms with van der Waals surface area (Å²) in [6.45, 7) is 0. The molecular weight excluding hydrogens is 200 g/mol. The maximum absolute atomic E-state index is 11.1. The van der Waals surface area contributed by atoms with Crippen LogP contribution in [0.2, 0.25) is 0 Å². The Morgan fingerprint density at radius 2 is 2.29 bits per heavy atom. The Hall–Kier alpha value is -0.680. The minimum atomic E-state index is -0.820. The number of carbonyl (C=O) groups is 1. The highest BCUT2D eigenvalue weighted by Crippen LogP contribution is 2.30. The third-order valence-electron chi connectivity index (χ3n) is 2.81. The van der Waals surface area contributed by atoms with Gasteiger partial charge < -0.3 is 5.11 Å². The van der Waals surface area contributed by atoms with Crippen LogP contribution in [0.4, 0.5) is 4.79 Å². The van der Waals surface area contributed by atoms with Crippen molar-refractivity contribution < 1.29 is 9.90 Å². The molecular formula is C9H14N2O2S. The highest BCUT2D eigenvalue weighted by molar-refractivity contribution is 7.99. The summed E-state index contributed by atoms with van der Waals surface area (Å²) in [5.41, 5.74) is -0.0811. The Kier molecular flexibility index (Phi) is 2.69. The summed E-state index contributed by atoms with van der Waals surface area (Å²) in [5.74, 6) is 0. The van der Waals surface area contributed by atoms with Crippen LogP contribution in [0.1, 0.15) is 12.8 Å². The topological polar surface area (TPSA) is 52.6 Å². The van der Waals surface area contributed by atoms with E-state index in [1.807, 2.05) is 6.26 Å². The van der Waals surface area contributed by atoms with Gasteiger partial charge in [-0.2, -0.15) is 0 Å². The first-order valence-corrected chi connectivity index (χ1v) is 5.98. The van der Waals surface area contributed by atoms with Gasteiger partial charge in [0.25, 0.3) is 0 Å². The van der Waals surface area contributed by atoms with Gasteiger partial charge in [0.15, 0.2) is 0 Å². The maximum Gasteiger partial charge on any atom is 0.409 e. The fourth-order valence-corrected chi connectivity index (χ4v) is 2.93. The number of nitrogens with zero attached hydrogens (tertiary/aromatic N) is 1. The van der Waals surface area contributed by atoms with Crippen molar-refractivity contribution >= 4 is 17.9 Å². The van der Waals surface area contributed by atoms with Crippen molar-refractivity contribution in [3.05, 3.63) is 12.2 Å². The predicted molar refractivity (Wildman–Crippen MR) is 56.3 cm³/mol. The number of carboxylic acid groups (broad SMARTS) is 1. The summed E-state index contributed by atoms with van der Waals surface area (Å²) >= 11 is 1.54. The standard InChI is InChI=1S/C9H14N2O2S/c1-14-8-10-6-4-2-3-5-7(6)11(8)9(12)13/h2-3,6-8,10H,4-5H2,1H3,(H,12,13). The van der Waals surface area contributed by atoms with Gasteiger partial charge in [-0.05, 0) is 19.1 Å². The van der Waals surface area contributed by atoms with E-state index in [0.717, 1.165) is 12.8 Å². The van der Waals surface area contributed by atoms with Crippen molar-refractivity contribution in [2.45, 2.75) is 30.4 Å². The highest BCUT2D eigenvalue weighted by atomic mass is 32.2. The summed E-state index contributed by atoms with van der Waals surface area (Å²) in [5, 5.41) is 12.4. The van der Waals surface area contributed by atoms with Crippen LogP contribution in [0.3, 0.4) is 0 Å². The average Bonchev–Trinajstić information content (AvgIpc) is 2.55. The Labute approximate surface area is 87.3 Å². The number of hydrogen-bond donors (Lipinski definition) is 2. The van der Waals surface area contributed by atoms with Gasteiger partial charge in [-0.15, -0.1) is 11.8 Å². The molecule has 2 N–H and O–H groups in total. The van der Waals surface area contributed by atoms with Crippen LogP contribution in [0, 0.1) is 0 Å². The number of rotatable bonds is 1. The van der Waals surface area contributed by atoms with E-state index in [-0.39, 0.29) is 11.5 Å². The van der Waals surface area contributed by atoms with Gasteiger partial charge in [-0.1, -0.05) is 12.2 Å². The Balaban J connectivity index is 2.18. The van der Waals surface area contributed by atoms with Crippen LogP contribution in [0.25, 0.3) is 0 Å². The molecule has 0 bridgehead atoms. The van der Waals surface area contributed by atoms with Gasteiger partial charge in [-0.25, -0.2) is 4.79 Å². The van der Waals surface area contributed by atoms with E-state index in [0.29, 0.717) is 6.04 Å². The first kappa shape index (κ1) is 9.86. The van der Waals surface area contributed by atoms with E-state index >= 15 is 0 Å². The van der Waals surface area contributed by atoms with E-state index in [1.165, 1.54) is 0 Å². The molecule has 14 heavy (non-hydrogen) atoms. The van der Waals surface area contributed by atoms with Crippen molar-refractivity contribution in [1.82, 2.24) is 10.2 Å². The summed E-state index contributed by atoms with van der Waals surface area (Å²) in [6.07, 6.45) is 7.07. The fraction of sp³-hybridized carbons (Fsp3) is 0.667. The number of thioether (sulfide) groups is 1. The second-order valence-electron chi connectivity index (χ2n) is 3.56. The predicted octanol–water partition coefficient (Wildman–Crippen LogP) is 1.30. The summed E-state index contributed by atoms with van der Waals surface area (Å²) in [7, 11) is 0. The second kappa shape index (κ2) is 3.82. The lowest BCUT2D eigenvalue weighted by Crippen LogP contribution is -2.41. The molecule has 0 saturated carbocycles. The molecule has 1 heterocycles. The number of hydrogen-bond acceptors (Lipinski definition) is 3. The molecule has 3 atom stereocenters. The molecule has 0 aromatic heterocycles. The quantitative estimate of drug-likeness (QED) is 0.646. The Morgan fingerprint density at radius 3 is 2.93 bits per heavy atom. The molecule has 4 nitrogen and oxygen atoms in total. The lowest BCUT2D eigenvalue weighted by Gasteiger charge is -2.27. The SMILES string of the molecule is CSC1NC2CC=CCC2N1C(=O)O. The Bertz CT molecular complexity index is 270. The molecule has 2 rings (SSSR count). The van der Waals surface area contributed by atoms with Gasteiger partial charge >= 0.3 is 6.09 Å². The van der Waals surface area contributed by atoms with Crippen LogP contribution >= 0.6 is 11.8 Å². The third-order valence-corrected chi connectivity index (χ3v) is 3.62. The zero-order valence-electron chi connectivity index (χ0n) is 8.01. The fourth-order valence-electron chi connectivity index (χ4n) is 2.15. The first-order chi connectivity index (χ1) is 6.74. The zero-order valence-corrected chi connectivity index (χ0v) is 8.83. The van der Waals surface area contributed by atoms with E-state index in [4.69, 9.17) is 5.11 Å². The van der Waals surface area contributed by atoms with E-state index in [1.54, 1.807) is 16.7 Å². The highest BCUT2D eigenvalue weighted by Gasteiger charge is 2.42. The lowest BCUT2D eigenvalue weighted by atomic mass is 9.97. The maximum atomic E-state index is 11.1. The molecule has 1 fully saturated rings. The summed E-state index contributed by atoms with van der Waals surface area (Å²) in [4.78, 5) is 12.6. The number of nitrogens with one attached hydrogen (secondary N) is 1. The summed E-state index contributed by atoms with van der Waals surface area (Å²) < 4.78 is 0. The number of fused-ring (bicyclic) bond motifs is 1. The van der Waals surface area contributed by atoms with E-state index in [2.05, 4.69) is 17.5 Å². The van der Waals surface area contributed by atoms with Gasteiger partial charge in [-0.3, -0.25) is 10.2 Å². The number of amides is 1. The average molecular weight is 214 g/mol. The van der Waals surface area contributed by atoms with Gasteiger partial charge in [0, 0.05) is 6.04 Å². The van der Waals surface area contributed by atoms with Crippen molar-refractivity contribution in [2.24, 2.45) is 0 Å². The molecule has 2 aliphatic rings. The monoisotopic (exact) mass is 214 g/mol. The van der Waals surface area contributed by atoms with E-state index in [9.17, 15) is 4.79 Å². The molecule has 0 spiro atoms. The van der Waals surface area contributed by atoms with Gasteiger partial charge in [0.05, 0.1) is 6.04 Å². The molecule has 1 aliphatic heterocycles. The van der Waals surface area contributed by atoms with Crippen molar-refractivity contribution in [1.29, 1.82) is 0 Å². The van der Waals surface area contributed by atoms with Gasteiger partial charge in [0.1, 0.15) is 5.50 Å². The van der Waals surface area contributed by atoms with Crippen molar-refractivity contribution in [2.75, 3.05) is 6.26 Å². The molecule has 0 aromatic rings. The molecule has 1 aliphatic carbocycles. The molecule has 0 aromatic carbocycles. The van der Waals surface area contributed by atoms with E-state index < -0.39 is 6.09 Å². The zero-order chi connectivity index (χ0) is 10.1. The summed E-state index contributed by atoms with van der Waals surface area (Å²) in [6, 6.07) is 0.420. The van der Waals surface area contributed by atoms with Gasteiger partial charge in [0.2, 0.25) is 0 Å². The minimum Gasteiger partial charge on any atom is -0.465 e. The van der Waals surface area contributed by atoms with Crippen LogP contribution in [-0.4, -0.2) is 39.9 Å². The molecule has 1 saturated heterocycles. The van der Waals surface area contributed by atoms with Crippen molar-refractivity contribution in [3.8, 4) is 0 Å². The molecule has 3 unspecified atom stereocenters. The molecule has 78 valence electrons.